The molecule has 1 saturated carbocycles. The summed E-state index contributed by atoms with van der Waals surface area (Å²) in [5.41, 5.74) is 1.97. The van der Waals surface area contributed by atoms with Crippen LogP contribution in [0.3, 0.4) is 0 Å². The van der Waals surface area contributed by atoms with Gasteiger partial charge in [0.2, 0.25) is 15.9 Å². The molecule has 0 aromatic heterocycles. The lowest BCUT2D eigenvalue weighted by Gasteiger charge is -2.10. The van der Waals surface area contributed by atoms with Crippen molar-refractivity contribution < 1.29 is 17.6 Å². The van der Waals surface area contributed by atoms with Crippen LogP contribution >= 0.6 is 0 Å². The number of aryl methyl sites for hydroxylation is 1. The number of sulfonamides is 1. The number of hydrogen-bond donors (Lipinski definition) is 2. The van der Waals surface area contributed by atoms with E-state index in [1.807, 2.05) is 0 Å². The zero-order chi connectivity index (χ0) is 18.2. The van der Waals surface area contributed by atoms with Gasteiger partial charge in [0, 0.05) is 11.6 Å². The van der Waals surface area contributed by atoms with Crippen molar-refractivity contribution in [2.45, 2.75) is 24.2 Å². The second-order valence-electron chi connectivity index (χ2n) is 6.18. The third kappa shape index (κ3) is 3.72. The Labute approximate surface area is 146 Å². The molecular formula is C18H19FN2O3S. The molecule has 1 amide bonds. The number of halogens is 1. The molecule has 3 rings (SSSR count). The van der Waals surface area contributed by atoms with Gasteiger partial charge >= 0.3 is 0 Å². The Balaban J connectivity index is 1.72. The van der Waals surface area contributed by atoms with Crippen molar-refractivity contribution in [2.24, 2.45) is 5.92 Å². The van der Waals surface area contributed by atoms with E-state index in [-0.39, 0.29) is 28.5 Å². The van der Waals surface area contributed by atoms with Gasteiger partial charge in [0.15, 0.2) is 0 Å². The topological polar surface area (TPSA) is 75.3 Å². The minimum atomic E-state index is -3.59. The first kappa shape index (κ1) is 17.6. The Hall–Kier alpha value is -2.25. The average molecular weight is 362 g/mol. The summed E-state index contributed by atoms with van der Waals surface area (Å²) in [5, 5.41) is 2.77. The molecule has 0 spiro atoms. The van der Waals surface area contributed by atoms with Crippen molar-refractivity contribution in [2.75, 3.05) is 12.4 Å². The van der Waals surface area contributed by atoms with E-state index in [1.165, 1.54) is 25.2 Å². The molecule has 1 fully saturated rings. The van der Waals surface area contributed by atoms with Gasteiger partial charge < -0.3 is 5.32 Å². The quantitative estimate of drug-likeness (QED) is 0.859. The maximum absolute atomic E-state index is 13.0. The summed E-state index contributed by atoms with van der Waals surface area (Å²) in [7, 11) is -2.24. The maximum Gasteiger partial charge on any atom is 0.240 e. The summed E-state index contributed by atoms with van der Waals surface area (Å²) in [4.78, 5) is 12.5. The lowest BCUT2D eigenvalue weighted by atomic mass is 10.1. The Morgan fingerprint density at radius 1 is 1.16 bits per heavy atom. The van der Waals surface area contributed by atoms with Gasteiger partial charge in [-0.05, 0) is 61.7 Å². The SMILES string of the molecule is CNS(=O)(=O)c1cc(NC(=O)C2CC2c2ccc(F)cc2)ccc1C. The molecule has 7 heteroatoms. The molecule has 2 atom stereocenters. The summed E-state index contributed by atoms with van der Waals surface area (Å²) in [6, 6.07) is 10.9. The van der Waals surface area contributed by atoms with Crippen LogP contribution in [-0.2, 0) is 14.8 Å². The summed E-state index contributed by atoms with van der Waals surface area (Å²) in [6.07, 6.45) is 0.699. The van der Waals surface area contributed by atoms with E-state index in [0.717, 1.165) is 5.56 Å². The normalized spacial score (nSPS) is 19.5. The lowest BCUT2D eigenvalue weighted by Crippen LogP contribution is -2.20. The summed E-state index contributed by atoms with van der Waals surface area (Å²) < 4.78 is 39.3. The van der Waals surface area contributed by atoms with E-state index in [9.17, 15) is 17.6 Å². The third-order valence-electron chi connectivity index (χ3n) is 4.44. The minimum absolute atomic E-state index is 0.0755. The van der Waals surface area contributed by atoms with Crippen LogP contribution in [0.25, 0.3) is 0 Å². The van der Waals surface area contributed by atoms with Crippen LogP contribution in [0.5, 0.6) is 0 Å². The van der Waals surface area contributed by atoms with Crippen LogP contribution < -0.4 is 10.0 Å². The molecule has 0 bridgehead atoms. The van der Waals surface area contributed by atoms with Crippen molar-refractivity contribution in [1.29, 1.82) is 0 Å². The predicted molar refractivity (Wildman–Crippen MR) is 93.3 cm³/mol. The zero-order valence-corrected chi connectivity index (χ0v) is 14.7. The fourth-order valence-corrected chi connectivity index (χ4v) is 3.87. The van der Waals surface area contributed by atoms with Crippen molar-refractivity contribution in [3.8, 4) is 0 Å². The van der Waals surface area contributed by atoms with Gasteiger partial charge in [0.25, 0.3) is 0 Å². The van der Waals surface area contributed by atoms with Gasteiger partial charge in [-0.3, -0.25) is 4.79 Å². The largest absolute Gasteiger partial charge is 0.326 e. The fourth-order valence-electron chi connectivity index (χ4n) is 2.88. The van der Waals surface area contributed by atoms with Gasteiger partial charge in [-0.25, -0.2) is 17.5 Å². The lowest BCUT2D eigenvalue weighted by molar-refractivity contribution is -0.117. The summed E-state index contributed by atoms with van der Waals surface area (Å²) >= 11 is 0. The molecule has 2 N–H and O–H groups in total. The molecule has 132 valence electrons. The molecule has 5 nitrogen and oxygen atoms in total. The first-order valence-corrected chi connectivity index (χ1v) is 9.40. The second kappa shape index (κ2) is 6.57. The minimum Gasteiger partial charge on any atom is -0.326 e. The first-order chi connectivity index (χ1) is 11.8. The standard InChI is InChI=1S/C18H19FN2O3S/c1-11-3-8-14(9-17(11)25(23,24)20-2)21-18(22)16-10-15(16)12-4-6-13(19)7-5-12/h3-9,15-16,20H,10H2,1-2H3,(H,21,22). The van der Waals surface area contributed by atoms with Gasteiger partial charge in [-0.1, -0.05) is 18.2 Å². The predicted octanol–water partition coefficient (Wildman–Crippen LogP) is 2.78. The van der Waals surface area contributed by atoms with Crippen molar-refractivity contribution in [3.05, 3.63) is 59.4 Å². The van der Waals surface area contributed by atoms with Gasteiger partial charge in [0.1, 0.15) is 5.82 Å². The Morgan fingerprint density at radius 2 is 1.84 bits per heavy atom. The van der Waals surface area contributed by atoms with Gasteiger partial charge in [0.05, 0.1) is 4.90 Å². The molecule has 1 aliphatic carbocycles. The highest BCUT2D eigenvalue weighted by molar-refractivity contribution is 7.89. The number of anilines is 1. The van der Waals surface area contributed by atoms with Crippen LogP contribution in [0, 0.1) is 18.7 Å². The van der Waals surface area contributed by atoms with Crippen molar-refractivity contribution in [3.63, 3.8) is 0 Å². The molecule has 0 heterocycles. The van der Waals surface area contributed by atoms with E-state index >= 15 is 0 Å². The number of carbonyl (C=O) groups excluding carboxylic acids is 1. The molecule has 25 heavy (non-hydrogen) atoms. The molecule has 2 unspecified atom stereocenters. The highest BCUT2D eigenvalue weighted by Gasteiger charge is 2.43. The van der Waals surface area contributed by atoms with Crippen LogP contribution in [0.1, 0.15) is 23.5 Å². The van der Waals surface area contributed by atoms with Crippen LogP contribution in [0.4, 0.5) is 10.1 Å². The second-order valence-corrected chi connectivity index (χ2v) is 8.03. The van der Waals surface area contributed by atoms with E-state index in [4.69, 9.17) is 0 Å². The van der Waals surface area contributed by atoms with Crippen molar-refractivity contribution in [1.82, 2.24) is 4.72 Å². The Kier molecular flexibility index (Phi) is 4.62. The van der Waals surface area contributed by atoms with Crippen LogP contribution in [0.15, 0.2) is 47.4 Å². The van der Waals surface area contributed by atoms with Crippen molar-refractivity contribution >= 4 is 21.6 Å². The molecule has 2 aromatic rings. The zero-order valence-electron chi connectivity index (χ0n) is 13.9. The Morgan fingerprint density at radius 3 is 2.48 bits per heavy atom. The number of carbonyl (C=O) groups is 1. The molecule has 0 saturated heterocycles. The smallest absolute Gasteiger partial charge is 0.240 e. The average Bonchev–Trinajstić information content (AvgIpc) is 3.38. The van der Waals surface area contributed by atoms with E-state index in [1.54, 1.807) is 31.2 Å². The molecular weight excluding hydrogens is 343 g/mol. The molecule has 1 aliphatic rings. The number of amides is 1. The summed E-state index contributed by atoms with van der Waals surface area (Å²) in [5.74, 6) is -0.572. The highest BCUT2D eigenvalue weighted by atomic mass is 32.2. The third-order valence-corrected chi connectivity index (χ3v) is 6.00. The van der Waals surface area contributed by atoms with Crippen LogP contribution in [-0.4, -0.2) is 21.4 Å². The first-order valence-electron chi connectivity index (χ1n) is 7.92. The fraction of sp³-hybridized carbons (Fsp3) is 0.278. The summed E-state index contributed by atoms with van der Waals surface area (Å²) in [6.45, 7) is 1.70. The molecule has 2 aromatic carbocycles. The van der Waals surface area contributed by atoms with Gasteiger partial charge in [-0.15, -0.1) is 0 Å². The number of rotatable bonds is 5. The molecule has 0 radical (unpaired) electrons. The molecule has 0 aliphatic heterocycles. The van der Waals surface area contributed by atoms with E-state index < -0.39 is 10.0 Å². The van der Waals surface area contributed by atoms with Crippen LogP contribution in [0.2, 0.25) is 0 Å². The van der Waals surface area contributed by atoms with E-state index in [0.29, 0.717) is 17.7 Å². The Bertz CT molecular complexity index is 910. The highest BCUT2D eigenvalue weighted by Crippen LogP contribution is 2.48. The number of hydrogen-bond acceptors (Lipinski definition) is 3. The van der Waals surface area contributed by atoms with E-state index in [2.05, 4.69) is 10.0 Å². The maximum atomic E-state index is 13.0. The number of nitrogens with one attached hydrogen (secondary N) is 2. The monoisotopic (exact) mass is 362 g/mol. The van der Waals surface area contributed by atoms with Gasteiger partial charge in [-0.2, -0.15) is 0 Å². The number of benzene rings is 2.